The van der Waals surface area contributed by atoms with Gasteiger partial charge in [0.15, 0.2) is 5.82 Å². The third kappa shape index (κ3) is 2.09. The predicted molar refractivity (Wildman–Crippen MR) is 68.5 cm³/mol. The maximum Gasteiger partial charge on any atom is 0.350 e. The van der Waals surface area contributed by atoms with Crippen LogP contribution in [-0.4, -0.2) is 10.1 Å². The van der Waals surface area contributed by atoms with Crippen molar-refractivity contribution >= 4 is 11.6 Å². The molecule has 7 heteroatoms. The molecule has 0 spiro atoms. The molecular weight excluding hydrogens is 288 g/mol. The Kier molecular flexibility index (Phi) is 3.02. The lowest BCUT2D eigenvalue weighted by molar-refractivity contribution is 0.00761. The van der Waals surface area contributed by atoms with Crippen LogP contribution >= 0.6 is 11.6 Å². The first kappa shape index (κ1) is 13.5. The molecule has 4 nitrogen and oxygen atoms in total. The number of hydrogen-bond acceptors (Lipinski definition) is 4. The van der Waals surface area contributed by atoms with Gasteiger partial charge < -0.3 is 10.3 Å². The molecule has 0 radical (unpaired) electrons. The van der Waals surface area contributed by atoms with Crippen molar-refractivity contribution in [1.82, 2.24) is 10.1 Å². The number of aromatic nitrogens is 2. The zero-order chi connectivity index (χ0) is 14.4. The van der Waals surface area contributed by atoms with Crippen LogP contribution in [0.4, 0.5) is 8.78 Å². The van der Waals surface area contributed by atoms with E-state index < -0.39 is 17.4 Å². The Morgan fingerprint density at radius 1 is 1.35 bits per heavy atom. The van der Waals surface area contributed by atoms with Crippen molar-refractivity contribution in [3.05, 3.63) is 46.6 Å². The Balaban J connectivity index is 1.95. The van der Waals surface area contributed by atoms with Crippen molar-refractivity contribution in [2.45, 2.75) is 30.7 Å². The fourth-order valence-electron chi connectivity index (χ4n) is 2.14. The predicted octanol–water partition coefficient (Wildman–Crippen LogP) is 3.20. The lowest BCUT2D eigenvalue weighted by atomic mass is 9.77. The van der Waals surface area contributed by atoms with Crippen LogP contribution in [0.15, 0.2) is 28.8 Å². The molecule has 3 rings (SSSR count). The minimum absolute atomic E-state index is 0.139. The molecule has 1 heterocycles. The van der Waals surface area contributed by atoms with Gasteiger partial charge in [0.25, 0.3) is 0 Å². The Labute approximate surface area is 118 Å². The van der Waals surface area contributed by atoms with Crippen LogP contribution in [-0.2, 0) is 11.5 Å². The van der Waals surface area contributed by atoms with E-state index in [4.69, 9.17) is 21.9 Å². The first-order valence-corrected chi connectivity index (χ1v) is 6.57. The van der Waals surface area contributed by atoms with Crippen LogP contribution in [0.25, 0.3) is 0 Å². The van der Waals surface area contributed by atoms with Crippen molar-refractivity contribution < 1.29 is 13.3 Å². The summed E-state index contributed by atoms with van der Waals surface area (Å²) < 4.78 is 33.3. The molecule has 1 aliphatic rings. The second kappa shape index (κ2) is 4.49. The number of rotatable bonds is 3. The Bertz CT molecular complexity index is 640. The highest BCUT2D eigenvalue weighted by Crippen LogP contribution is 2.40. The number of halogens is 3. The summed E-state index contributed by atoms with van der Waals surface area (Å²) in [5, 5.41) is 3.82. The summed E-state index contributed by atoms with van der Waals surface area (Å²) in [5.74, 6) is -4.01. The molecule has 106 valence electrons. The molecule has 20 heavy (non-hydrogen) atoms. The molecule has 2 aromatic rings. The molecule has 1 aliphatic carbocycles. The summed E-state index contributed by atoms with van der Waals surface area (Å²) in [7, 11) is 0. The Morgan fingerprint density at radius 2 is 2.10 bits per heavy atom. The molecule has 1 fully saturated rings. The van der Waals surface area contributed by atoms with Crippen molar-refractivity contribution in [1.29, 1.82) is 0 Å². The van der Waals surface area contributed by atoms with Gasteiger partial charge in [-0.25, -0.2) is 0 Å². The third-order valence-electron chi connectivity index (χ3n) is 3.57. The maximum atomic E-state index is 14.3. The quantitative estimate of drug-likeness (QED) is 0.945. The van der Waals surface area contributed by atoms with E-state index in [1.165, 1.54) is 24.3 Å². The highest BCUT2D eigenvalue weighted by atomic mass is 35.5. The number of nitrogens with two attached hydrogens (primary N) is 1. The van der Waals surface area contributed by atoms with E-state index in [2.05, 4.69) is 10.1 Å². The van der Waals surface area contributed by atoms with Gasteiger partial charge in [-0.15, -0.1) is 0 Å². The smallest absolute Gasteiger partial charge is 0.332 e. The average Bonchev–Trinajstić information content (AvgIpc) is 2.86. The van der Waals surface area contributed by atoms with Crippen molar-refractivity contribution in [3.8, 4) is 0 Å². The first-order valence-electron chi connectivity index (χ1n) is 6.19. The zero-order valence-corrected chi connectivity index (χ0v) is 11.2. The van der Waals surface area contributed by atoms with E-state index >= 15 is 0 Å². The lowest BCUT2D eigenvalue weighted by Crippen LogP contribution is -2.44. The summed E-state index contributed by atoms with van der Waals surface area (Å²) in [6.07, 6.45) is 2.29. The summed E-state index contributed by atoms with van der Waals surface area (Å²) in [4.78, 5) is 3.79. The molecule has 0 unspecified atom stereocenters. The first-order chi connectivity index (χ1) is 9.42. The summed E-state index contributed by atoms with van der Waals surface area (Å²) >= 11 is 5.73. The second-order valence-corrected chi connectivity index (χ2v) is 5.45. The van der Waals surface area contributed by atoms with E-state index in [1.807, 2.05) is 0 Å². The Hall–Kier alpha value is -1.53. The van der Waals surface area contributed by atoms with E-state index in [-0.39, 0.29) is 16.4 Å². The fraction of sp³-hybridized carbons (Fsp3) is 0.385. The number of hydrogen-bond donors (Lipinski definition) is 1. The highest BCUT2D eigenvalue weighted by molar-refractivity contribution is 6.30. The average molecular weight is 300 g/mol. The van der Waals surface area contributed by atoms with E-state index in [0.29, 0.717) is 12.8 Å². The molecule has 1 aromatic heterocycles. The number of nitrogens with zero attached hydrogens (tertiary/aromatic N) is 2. The van der Waals surface area contributed by atoms with E-state index in [9.17, 15) is 8.78 Å². The third-order valence-corrected chi connectivity index (χ3v) is 3.81. The molecule has 1 aromatic carbocycles. The minimum Gasteiger partial charge on any atom is -0.332 e. The van der Waals surface area contributed by atoms with Crippen LogP contribution in [0.5, 0.6) is 0 Å². The van der Waals surface area contributed by atoms with Crippen molar-refractivity contribution in [2.75, 3.05) is 0 Å². The van der Waals surface area contributed by atoms with Crippen LogP contribution in [0.3, 0.4) is 0 Å². The number of alkyl halides is 2. The monoisotopic (exact) mass is 299 g/mol. The van der Waals surface area contributed by atoms with Gasteiger partial charge in [0.2, 0.25) is 0 Å². The Morgan fingerprint density at radius 3 is 2.70 bits per heavy atom. The van der Waals surface area contributed by atoms with Gasteiger partial charge in [-0.3, -0.25) is 0 Å². The summed E-state index contributed by atoms with van der Waals surface area (Å²) in [5.41, 5.74) is 4.97. The van der Waals surface area contributed by atoms with E-state index in [0.717, 1.165) is 6.42 Å². The fourth-order valence-corrected chi connectivity index (χ4v) is 2.33. The second-order valence-electron chi connectivity index (χ2n) is 5.02. The highest BCUT2D eigenvalue weighted by Gasteiger charge is 2.44. The molecule has 0 amide bonds. The molecule has 2 N–H and O–H groups in total. The van der Waals surface area contributed by atoms with E-state index in [1.54, 1.807) is 0 Å². The topological polar surface area (TPSA) is 64.9 Å². The molecule has 0 aliphatic heterocycles. The molecule has 1 saturated carbocycles. The van der Waals surface area contributed by atoms with Gasteiger partial charge in [-0.05, 0) is 31.4 Å². The van der Waals surface area contributed by atoms with Crippen molar-refractivity contribution in [2.24, 2.45) is 5.73 Å². The van der Waals surface area contributed by atoms with Crippen LogP contribution in [0.2, 0.25) is 5.02 Å². The van der Waals surface area contributed by atoms with Gasteiger partial charge in [-0.1, -0.05) is 28.9 Å². The molecular formula is C13H12ClF2N3O. The zero-order valence-electron chi connectivity index (χ0n) is 10.4. The normalized spacial score (nSPS) is 17.8. The molecule has 0 saturated heterocycles. The van der Waals surface area contributed by atoms with Crippen molar-refractivity contribution in [3.63, 3.8) is 0 Å². The minimum atomic E-state index is -3.39. The molecule has 0 bridgehead atoms. The van der Waals surface area contributed by atoms with Crippen LogP contribution in [0.1, 0.15) is 36.5 Å². The van der Waals surface area contributed by atoms with Gasteiger partial charge in [0, 0.05) is 10.6 Å². The summed E-state index contributed by atoms with van der Waals surface area (Å²) in [6, 6.07) is 5.40. The lowest BCUT2D eigenvalue weighted by Gasteiger charge is -2.34. The van der Waals surface area contributed by atoms with Crippen LogP contribution < -0.4 is 5.73 Å². The van der Waals surface area contributed by atoms with Gasteiger partial charge >= 0.3 is 11.8 Å². The largest absolute Gasteiger partial charge is 0.350 e. The number of benzene rings is 1. The SMILES string of the molecule is NC1(c2noc(C(F)(F)c3cccc(Cl)c3)n2)CCC1. The van der Waals surface area contributed by atoms with Gasteiger partial charge in [0.1, 0.15) is 0 Å². The molecule has 0 atom stereocenters. The van der Waals surface area contributed by atoms with Crippen LogP contribution in [0, 0.1) is 0 Å². The van der Waals surface area contributed by atoms with Gasteiger partial charge in [0.05, 0.1) is 5.54 Å². The van der Waals surface area contributed by atoms with Gasteiger partial charge in [-0.2, -0.15) is 13.8 Å². The standard InChI is InChI=1S/C13H12ClF2N3O/c14-9-4-1-3-8(7-9)13(15,16)11-18-10(19-20-11)12(17)5-2-6-12/h1,3-4,7H,2,5-6,17H2. The maximum absolute atomic E-state index is 14.3. The summed E-state index contributed by atoms with van der Waals surface area (Å²) in [6.45, 7) is 0.